The first-order valence-electron chi connectivity index (χ1n) is 9.10. The number of anilines is 1. The average molecular weight is 390 g/mol. The molecule has 1 fully saturated rings. The molecule has 1 aliphatic carbocycles. The third-order valence-corrected chi connectivity index (χ3v) is 6.29. The number of carbonyl (C=O) groups is 1. The van der Waals surface area contributed by atoms with Crippen molar-refractivity contribution in [2.24, 2.45) is 0 Å². The Balaban J connectivity index is 1.85. The van der Waals surface area contributed by atoms with Crippen LogP contribution in [0, 0.1) is 5.82 Å². The quantitative estimate of drug-likeness (QED) is 0.818. The van der Waals surface area contributed by atoms with E-state index < -0.39 is 10.0 Å². The van der Waals surface area contributed by atoms with Crippen molar-refractivity contribution in [3.8, 4) is 0 Å². The normalized spacial score (nSPS) is 15.0. The van der Waals surface area contributed by atoms with Gasteiger partial charge in [0.1, 0.15) is 5.82 Å². The van der Waals surface area contributed by atoms with Crippen LogP contribution in [0.15, 0.2) is 53.4 Å². The molecular weight excluding hydrogens is 367 g/mol. The van der Waals surface area contributed by atoms with Crippen molar-refractivity contribution >= 4 is 21.6 Å². The molecule has 0 aliphatic heterocycles. The van der Waals surface area contributed by atoms with Crippen LogP contribution in [-0.4, -0.2) is 26.9 Å². The number of carbonyl (C=O) groups excluding carboxylic acids is 1. The molecule has 0 unspecified atom stereocenters. The lowest BCUT2D eigenvalue weighted by Crippen LogP contribution is -2.33. The minimum absolute atomic E-state index is 0.0410. The SMILES string of the molecule is CCN(C(=O)c1cccc(S(=O)(=O)NC2CCCC2)c1)c1ccc(F)cc1. The molecule has 1 amide bonds. The molecule has 144 valence electrons. The topological polar surface area (TPSA) is 66.5 Å². The summed E-state index contributed by atoms with van der Waals surface area (Å²) in [5.41, 5.74) is 0.830. The molecule has 1 N–H and O–H groups in total. The number of hydrogen-bond acceptors (Lipinski definition) is 3. The van der Waals surface area contributed by atoms with Crippen LogP contribution in [0.2, 0.25) is 0 Å². The van der Waals surface area contributed by atoms with Gasteiger partial charge in [0.05, 0.1) is 4.90 Å². The van der Waals surface area contributed by atoms with E-state index in [2.05, 4.69) is 4.72 Å². The van der Waals surface area contributed by atoms with Crippen LogP contribution in [0.25, 0.3) is 0 Å². The summed E-state index contributed by atoms with van der Waals surface area (Å²) in [7, 11) is -3.67. The van der Waals surface area contributed by atoms with Gasteiger partial charge in [-0.3, -0.25) is 4.79 Å². The van der Waals surface area contributed by atoms with Gasteiger partial charge in [0.25, 0.3) is 5.91 Å². The maximum atomic E-state index is 13.2. The Morgan fingerprint density at radius 2 is 1.81 bits per heavy atom. The molecule has 1 aliphatic rings. The second kappa shape index (κ2) is 8.19. The van der Waals surface area contributed by atoms with Crippen LogP contribution in [0.1, 0.15) is 43.0 Å². The van der Waals surface area contributed by atoms with Gasteiger partial charge in [0, 0.05) is 23.8 Å². The van der Waals surface area contributed by atoms with E-state index in [0.29, 0.717) is 12.2 Å². The highest BCUT2D eigenvalue weighted by molar-refractivity contribution is 7.89. The molecule has 7 heteroatoms. The molecule has 0 aromatic heterocycles. The molecule has 2 aromatic rings. The third-order valence-electron chi connectivity index (χ3n) is 4.77. The first-order chi connectivity index (χ1) is 12.9. The van der Waals surface area contributed by atoms with E-state index in [9.17, 15) is 17.6 Å². The van der Waals surface area contributed by atoms with Crippen LogP contribution in [0.5, 0.6) is 0 Å². The van der Waals surface area contributed by atoms with Crippen LogP contribution in [0.4, 0.5) is 10.1 Å². The standard InChI is InChI=1S/C20H23FN2O3S/c1-2-23(18-12-10-16(21)11-13-18)20(24)15-6-5-9-19(14-15)27(25,26)22-17-7-3-4-8-17/h5-6,9-14,17,22H,2-4,7-8H2,1H3. The zero-order valence-electron chi connectivity index (χ0n) is 15.2. The van der Waals surface area contributed by atoms with Gasteiger partial charge in [0.2, 0.25) is 10.0 Å². The Morgan fingerprint density at radius 1 is 1.15 bits per heavy atom. The Bertz CT molecular complexity index is 907. The Morgan fingerprint density at radius 3 is 2.44 bits per heavy atom. The Kier molecular flexibility index (Phi) is 5.92. The van der Waals surface area contributed by atoms with Gasteiger partial charge in [-0.2, -0.15) is 0 Å². The molecule has 27 heavy (non-hydrogen) atoms. The summed E-state index contributed by atoms with van der Waals surface area (Å²) < 4.78 is 41.1. The van der Waals surface area contributed by atoms with Gasteiger partial charge in [-0.15, -0.1) is 0 Å². The van der Waals surface area contributed by atoms with Crippen molar-refractivity contribution in [1.82, 2.24) is 4.72 Å². The summed E-state index contributed by atoms with van der Waals surface area (Å²) >= 11 is 0. The highest BCUT2D eigenvalue weighted by Gasteiger charge is 2.24. The number of nitrogens with zero attached hydrogens (tertiary/aromatic N) is 1. The molecule has 0 spiro atoms. The smallest absolute Gasteiger partial charge is 0.258 e. The van der Waals surface area contributed by atoms with Crippen LogP contribution < -0.4 is 9.62 Å². The fourth-order valence-corrected chi connectivity index (χ4v) is 4.70. The van der Waals surface area contributed by atoms with Gasteiger partial charge in [0.15, 0.2) is 0 Å². The number of amides is 1. The summed E-state index contributed by atoms with van der Waals surface area (Å²) in [5, 5.41) is 0. The van der Waals surface area contributed by atoms with Crippen LogP contribution in [0.3, 0.4) is 0 Å². The molecule has 2 aromatic carbocycles. The van der Waals surface area contributed by atoms with Crippen molar-refractivity contribution in [2.75, 3.05) is 11.4 Å². The lowest BCUT2D eigenvalue weighted by Gasteiger charge is -2.21. The highest BCUT2D eigenvalue weighted by Crippen LogP contribution is 2.22. The lowest BCUT2D eigenvalue weighted by atomic mass is 10.2. The second-order valence-electron chi connectivity index (χ2n) is 6.66. The summed E-state index contributed by atoms with van der Waals surface area (Å²) in [4.78, 5) is 14.5. The van der Waals surface area contributed by atoms with E-state index >= 15 is 0 Å². The molecule has 0 bridgehead atoms. The first kappa shape index (κ1) is 19.5. The number of nitrogens with one attached hydrogen (secondary N) is 1. The Hall–Kier alpha value is -2.25. The molecule has 0 radical (unpaired) electrons. The second-order valence-corrected chi connectivity index (χ2v) is 8.37. The predicted octanol–water partition coefficient (Wildman–Crippen LogP) is 3.71. The molecule has 1 saturated carbocycles. The molecule has 0 atom stereocenters. The largest absolute Gasteiger partial charge is 0.309 e. The van der Waals surface area contributed by atoms with Gasteiger partial charge in [-0.05, 0) is 62.2 Å². The van der Waals surface area contributed by atoms with Crippen molar-refractivity contribution in [2.45, 2.75) is 43.5 Å². The molecule has 5 nitrogen and oxygen atoms in total. The summed E-state index contributed by atoms with van der Waals surface area (Å²) in [6.07, 6.45) is 3.72. The van der Waals surface area contributed by atoms with Crippen molar-refractivity contribution in [1.29, 1.82) is 0 Å². The zero-order valence-corrected chi connectivity index (χ0v) is 16.0. The Labute approximate surface area is 159 Å². The predicted molar refractivity (Wildman–Crippen MR) is 103 cm³/mol. The molecule has 0 heterocycles. The number of hydrogen-bond donors (Lipinski definition) is 1. The fourth-order valence-electron chi connectivity index (χ4n) is 3.35. The molecule has 3 rings (SSSR count). The van der Waals surface area contributed by atoms with Gasteiger partial charge in [-0.25, -0.2) is 17.5 Å². The molecular formula is C20H23FN2O3S. The van der Waals surface area contributed by atoms with Crippen LogP contribution >= 0.6 is 0 Å². The van der Waals surface area contributed by atoms with E-state index in [1.165, 1.54) is 41.3 Å². The number of benzene rings is 2. The van der Waals surface area contributed by atoms with E-state index in [0.717, 1.165) is 25.7 Å². The van der Waals surface area contributed by atoms with Crippen molar-refractivity contribution in [3.63, 3.8) is 0 Å². The minimum Gasteiger partial charge on any atom is -0.309 e. The number of sulfonamides is 1. The van der Waals surface area contributed by atoms with Crippen LogP contribution in [-0.2, 0) is 10.0 Å². The van der Waals surface area contributed by atoms with E-state index in [4.69, 9.17) is 0 Å². The summed E-state index contributed by atoms with van der Waals surface area (Å²) in [5.74, 6) is -0.713. The average Bonchev–Trinajstić information content (AvgIpc) is 3.16. The molecule has 0 saturated heterocycles. The first-order valence-corrected chi connectivity index (χ1v) is 10.6. The van der Waals surface area contributed by atoms with Gasteiger partial charge < -0.3 is 4.90 Å². The van der Waals surface area contributed by atoms with Gasteiger partial charge >= 0.3 is 0 Å². The maximum Gasteiger partial charge on any atom is 0.258 e. The maximum absolute atomic E-state index is 13.2. The monoisotopic (exact) mass is 390 g/mol. The van der Waals surface area contributed by atoms with E-state index in [1.807, 2.05) is 6.92 Å². The summed E-state index contributed by atoms with van der Waals surface area (Å²) in [6.45, 7) is 2.19. The number of rotatable bonds is 6. The van der Waals surface area contributed by atoms with Crippen molar-refractivity contribution in [3.05, 3.63) is 59.9 Å². The fraction of sp³-hybridized carbons (Fsp3) is 0.350. The zero-order chi connectivity index (χ0) is 19.4. The summed E-state index contributed by atoms with van der Waals surface area (Å²) in [6, 6.07) is 11.6. The minimum atomic E-state index is -3.67. The van der Waals surface area contributed by atoms with Gasteiger partial charge in [-0.1, -0.05) is 18.9 Å². The highest BCUT2D eigenvalue weighted by atomic mass is 32.2. The van der Waals surface area contributed by atoms with E-state index in [1.54, 1.807) is 12.1 Å². The van der Waals surface area contributed by atoms with E-state index in [-0.39, 0.29) is 28.2 Å². The lowest BCUT2D eigenvalue weighted by molar-refractivity contribution is 0.0988. The number of halogens is 1. The van der Waals surface area contributed by atoms with Crippen molar-refractivity contribution < 1.29 is 17.6 Å². The third kappa shape index (κ3) is 4.54.